The Hall–Kier alpha value is -1.81. The molecule has 0 aromatic heterocycles. The third-order valence-electron chi connectivity index (χ3n) is 3.81. The highest BCUT2D eigenvalue weighted by Crippen LogP contribution is 2.31. The number of nitro groups is 1. The van der Waals surface area contributed by atoms with Crippen LogP contribution < -0.4 is 4.90 Å². The summed E-state index contributed by atoms with van der Waals surface area (Å²) in [4.78, 5) is 26.1. The van der Waals surface area contributed by atoms with Gasteiger partial charge in [-0.05, 0) is 18.4 Å². The lowest BCUT2D eigenvalue weighted by Crippen LogP contribution is -2.49. The van der Waals surface area contributed by atoms with E-state index < -0.39 is 14.8 Å². The summed E-state index contributed by atoms with van der Waals surface area (Å²) in [5, 5.41) is 11.3. The molecule has 0 aliphatic carbocycles. The molecule has 1 saturated heterocycles. The van der Waals surface area contributed by atoms with Crippen LogP contribution in [0.4, 0.5) is 11.4 Å². The lowest BCUT2D eigenvalue weighted by atomic mass is 10.2. The second-order valence-corrected chi connectivity index (χ2v) is 8.36. The highest BCUT2D eigenvalue weighted by molar-refractivity contribution is 7.99. The minimum absolute atomic E-state index is 0.0593. The zero-order valence-corrected chi connectivity index (χ0v) is 15.1. The maximum atomic E-state index is 11.9. The zero-order valence-electron chi connectivity index (χ0n) is 13.5. The first-order chi connectivity index (χ1) is 11.2. The molecule has 1 heterocycles. The van der Waals surface area contributed by atoms with E-state index >= 15 is 0 Å². The summed E-state index contributed by atoms with van der Waals surface area (Å²) in [6.45, 7) is 1.92. The Morgan fingerprint density at radius 1 is 1.29 bits per heavy atom. The van der Waals surface area contributed by atoms with Gasteiger partial charge in [-0.3, -0.25) is 14.9 Å². The lowest BCUT2D eigenvalue weighted by molar-refractivity contribution is -0.384. The summed E-state index contributed by atoms with van der Waals surface area (Å²) in [5.41, 5.74) is 0.145. The molecule has 1 aromatic rings. The molecule has 0 radical (unpaired) electrons. The Morgan fingerprint density at radius 2 is 1.92 bits per heavy atom. The SMILES string of the molecule is CSCC(=O)N1CCN(c2ccc(S(C)(=O)=O)cc2[N+](=O)[O-])CC1. The third-order valence-corrected chi connectivity index (χ3v) is 5.46. The maximum absolute atomic E-state index is 11.9. The molecule has 1 fully saturated rings. The Kier molecular flexibility index (Phi) is 5.70. The monoisotopic (exact) mass is 373 g/mol. The summed E-state index contributed by atoms with van der Waals surface area (Å²) in [6, 6.07) is 3.94. The number of sulfone groups is 1. The summed E-state index contributed by atoms with van der Waals surface area (Å²) in [6.07, 6.45) is 2.88. The van der Waals surface area contributed by atoms with Crippen molar-refractivity contribution < 1.29 is 18.1 Å². The van der Waals surface area contributed by atoms with Crippen molar-refractivity contribution in [3.05, 3.63) is 28.3 Å². The molecule has 0 saturated carbocycles. The fourth-order valence-corrected chi connectivity index (χ4v) is 3.63. The van der Waals surface area contributed by atoms with Gasteiger partial charge in [0.15, 0.2) is 9.84 Å². The molecule has 2 rings (SSSR count). The van der Waals surface area contributed by atoms with Crippen LogP contribution in [0.3, 0.4) is 0 Å². The number of hydrogen-bond acceptors (Lipinski definition) is 7. The standard InChI is InChI=1S/C14H19N3O5S2/c1-23-10-14(18)16-7-5-15(6-8-16)12-4-3-11(24(2,21)22)9-13(12)17(19)20/h3-4,9H,5-8,10H2,1-2H3. The minimum atomic E-state index is -3.51. The quantitative estimate of drug-likeness (QED) is 0.561. The van der Waals surface area contributed by atoms with Crippen molar-refractivity contribution >= 4 is 38.9 Å². The topological polar surface area (TPSA) is 101 Å². The van der Waals surface area contributed by atoms with Crippen molar-refractivity contribution in [2.45, 2.75) is 4.90 Å². The molecular weight excluding hydrogens is 354 g/mol. The Bertz CT molecular complexity index is 743. The van der Waals surface area contributed by atoms with Crippen molar-refractivity contribution in [3.8, 4) is 0 Å². The molecule has 1 aliphatic rings. The molecule has 10 heteroatoms. The maximum Gasteiger partial charge on any atom is 0.293 e. The number of thioether (sulfide) groups is 1. The predicted molar refractivity (Wildman–Crippen MR) is 93.4 cm³/mol. The van der Waals surface area contributed by atoms with Gasteiger partial charge < -0.3 is 9.80 Å². The molecule has 132 valence electrons. The van der Waals surface area contributed by atoms with Crippen LogP contribution in [-0.4, -0.2) is 68.6 Å². The van der Waals surface area contributed by atoms with Crippen molar-refractivity contribution in [2.24, 2.45) is 0 Å². The van der Waals surface area contributed by atoms with E-state index in [9.17, 15) is 23.3 Å². The average Bonchev–Trinajstić information content (AvgIpc) is 2.53. The smallest absolute Gasteiger partial charge is 0.293 e. The van der Waals surface area contributed by atoms with Crippen molar-refractivity contribution in [1.29, 1.82) is 0 Å². The van der Waals surface area contributed by atoms with E-state index in [1.807, 2.05) is 11.2 Å². The van der Waals surface area contributed by atoms with Crippen molar-refractivity contribution in [3.63, 3.8) is 0 Å². The molecule has 0 atom stereocenters. The summed E-state index contributed by atoms with van der Waals surface area (Å²) >= 11 is 1.46. The van der Waals surface area contributed by atoms with Crippen molar-refractivity contribution in [2.75, 3.05) is 49.3 Å². The number of nitro benzene ring substituents is 1. The van der Waals surface area contributed by atoms with Gasteiger partial charge in [0.2, 0.25) is 5.91 Å². The van der Waals surface area contributed by atoms with Crippen LogP contribution >= 0.6 is 11.8 Å². The molecule has 0 N–H and O–H groups in total. The van der Waals surface area contributed by atoms with E-state index in [0.29, 0.717) is 37.6 Å². The van der Waals surface area contributed by atoms with Crippen LogP contribution in [0.15, 0.2) is 23.1 Å². The van der Waals surface area contributed by atoms with Gasteiger partial charge in [-0.25, -0.2) is 8.42 Å². The highest BCUT2D eigenvalue weighted by Gasteiger charge is 2.26. The first-order valence-corrected chi connectivity index (χ1v) is 10.5. The molecule has 1 amide bonds. The van der Waals surface area contributed by atoms with Crippen LogP contribution in [0.25, 0.3) is 0 Å². The van der Waals surface area contributed by atoms with Gasteiger partial charge in [0.25, 0.3) is 5.69 Å². The number of carbonyl (C=O) groups excluding carboxylic acids is 1. The van der Waals surface area contributed by atoms with E-state index in [2.05, 4.69) is 0 Å². The van der Waals surface area contributed by atoms with Crippen LogP contribution in [-0.2, 0) is 14.6 Å². The molecule has 1 aromatic carbocycles. The van der Waals surface area contributed by atoms with E-state index in [0.717, 1.165) is 12.3 Å². The number of rotatable bonds is 5. The highest BCUT2D eigenvalue weighted by atomic mass is 32.2. The second-order valence-electron chi connectivity index (χ2n) is 5.48. The lowest BCUT2D eigenvalue weighted by Gasteiger charge is -2.35. The van der Waals surface area contributed by atoms with E-state index in [1.54, 1.807) is 4.90 Å². The van der Waals surface area contributed by atoms with Gasteiger partial charge in [-0.2, -0.15) is 11.8 Å². The minimum Gasteiger partial charge on any atom is -0.362 e. The fourth-order valence-electron chi connectivity index (χ4n) is 2.56. The normalized spacial score (nSPS) is 15.4. The van der Waals surface area contributed by atoms with E-state index in [4.69, 9.17) is 0 Å². The van der Waals surface area contributed by atoms with Gasteiger partial charge in [0.05, 0.1) is 15.6 Å². The average molecular weight is 373 g/mol. The number of amides is 1. The largest absolute Gasteiger partial charge is 0.362 e. The van der Waals surface area contributed by atoms with Crippen LogP contribution in [0.2, 0.25) is 0 Å². The number of piperazine rings is 1. The van der Waals surface area contributed by atoms with Crippen LogP contribution in [0.1, 0.15) is 0 Å². The Morgan fingerprint density at radius 3 is 2.42 bits per heavy atom. The first kappa shape index (κ1) is 18.5. The molecule has 24 heavy (non-hydrogen) atoms. The summed E-state index contributed by atoms with van der Waals surface area (Å²) in [5.74, 6) is 0.479. The second kappa shape index (κ2) is 7.39. The van der Waals surface area contributed by atoms with E-state index in [-0.39, 0.29) is 16.5 Å². The molecule has 1 aliphatic heterocycles. The molecular formula is C14H19N3O5S2. The Balaban J connectivity index is 2.21. The van der Waals surface area contributed by atoms with Crippen LogP contribution in [0, 0.1) is 10.1 Å². The third kappa shape index (κ3) is 4.18. The van der Waals surface area contributed by atoms with Crippen molar-refractivity contribution in [1.82, 2.24) is 4.90 Å². The number of hydrogen-bond donors (Lipinski definition) is 0. The number of benzene rings is 1. The van der Waals surface area contributed by atoms with Gasteiger partial charge in [0.1, 0.15) is 5.69 Å². The number of nitrogens with zero attached hydrogens (tertiary/aromatic N) is 3. The molecule has 8 nitrogen and oxygen atoms in total. The summed E-state index contributed by atoms with van der Waals surface area (Å²) in [7, 11) is -3.51. The zero-order chi connectivity index (χ0) is 17.9. The van der Waals surface area contributed by atoms with Gasteiger partial charge >= 0.3 is 0 Å². The molecule has 0 spiro atoms. The number of anilines is 1. The molecule has 0 bridgehead atoms. The molecule has 0 unspecified atom stereocenters. The van der Waals surface area contributed by atoms with E-state index in [1.165, 1.54) is 23.9 Å². The fraction of sp³-hybridized carbons (Fsp3) is 0.500. The summed E-state index contributed by atoms with van der Waals surface area (Å²) < 4.78 is 23.2. The van der Waals surface area contributed by atoms with Crippen LogP contribution in [0.5, 0.6) is 0 Å². The predicted octanol–water partition coefficient (Wildman–Crippen LogP) is 1.01. The number of carbonyl (C=O) groups is 1. The van der Waals surface area contributed by atoms with Gasteiger partial charge in [-0.15, -0.1) is 0 Å². The first-order valence-electron chi connectivity index (χ1n) is 7.24. The van der Waals surface area contributed by atoms with Gasteiger partial charge in [0, 0.05) is 38.5 Å². The Labute approximate surface area is 144 Å². The van der Waals surface area contributed by atoms with Gasteiger partial charge in [-0.1, -0.05) is 0 Å².